The molecule has 2 rings (SSSR count). The molecule has 0 spiro atoms. The lowest BCUT2D eigenvalue weighted by atomic mass is 10.1. The average Bonchev–Trinajstić information content (AvgIpc) is 3.09. The Labute approximate surface area is 145 Å². The zero-order valence-electron chi connectivity index (χ0n) is 13.9. The highest BCUT2D eigenvalue weighted by molar-refractivity contribution is 8.00. The predicted molar refractivity (Wildman–Crippen MR) is 97.5 cm³/mol. The molecule has 0 saturated carbocycles. The topological polar surface area (TPSA) is 90.0 Å². The number of hydrogen-bond acceptors (Lipinski definition) is 4. The average molecular weight is 346 g/mol. The summed E-state index contributed by atoms with van der Waals surface area (Å²) in [7, 11) is 0. The molecule has 1 aromatic heterocycles. The molecule has 0 aliphatic heterocycles. The summed E-state index contributed by atoms with van der Waals surface area (Å²) in [5.41, 5.74) is 6.81. The van der Waals surface area contributed by atoms with Crippen molar-refractivity contribution in [3.05, 3.63) is 42.5 Å². The molecule has 1 aromatic carbocycles. The van der Waals surface area contributed by atoms with Crippen LogP contribution >= 0.6 is 11.8 Å². The van der Waals surface area contributed by atoms with Gasteiger partial charge in [0.25, 0.3) is 5.91 Å². The molecule has 0 fully saturated rings. The Kier molecular flexibility index (Phi) is 6.43. The Bertz CT molecular complexity index is 701. The minimum Gasteiger partial charge on any atom is -0.366 e. The number of rotatable bonds is 8. The molecule has 0 bridgehead atoms. The lowest BCUT2D eigenvalue weighted by molar-refractivity contribution is -0.115. The first-order valence-electron chi connectivity index (χ1n) is 7.88. The molecule has 1 heterocycles. The highest BCUT2D eigenvalue weighted by atomic mass is 32.2. The summed E-state index contributed by atoms with van der Waals surface area (Å²) in [5, 5.41) is 2.65. The summed E-state index contributed by atoms with van der Waals surface area (Å²) >= 11 is 1.60. The maximum absolute atomic E-state index is 12.5. The van der Waals surface area contributed by atoms with Crippen LogP contribution in [0.2, 0.25) is 0 Å². The SMILES string of the molecule is CCCCSC(C)C(=O)Nc1c(C(N)=O)cccc1-n1ccnc1. The fourth-order valence-electron chi connectivity index (χ4n) is 2.20. The van der Waals surface area contributed by atoms with E-state index in [-0.39, 0.29) is 16.7 Å². The summed E-state index contributed by atoms with van der Waals surface area (Å²) in [6.07, 6.45) is 7.15. The number of carbonyl (C=O) groups is 2. The monoisotopic (exact) mass is 346 g/mol. The van der Waals surface area contributed by atoms with Crippen molar-refractivity contribution in [3.63, 3.8) is 0 Å². The van der Waals surface area contributed by atoms with E-state index in [0.29, 0.717) is 11.4 Å². The fraction of sp³-hybridized carbons (Fsp3) is 0.353. The van der Waals surface area contributed by atoms with Gasteiger partial charge < -0.3 is 15.6 Å². The van der Waals surface area contributed by atoms with Crippen LogP contribution in [0.15, 0.2) is 36.9 Å². The second-order valence-electron chi connectivity index (χ2n) is 5.39. The number of anilines is 1. The van der Waals surface area contributed by atoms with Gasteiger partial charge in [-0.2, -0.15) is 0 Å². The third-order valence-electron chi connectivity index (χ3n) is 3.57. The van der Waals surface area contributed by atoms with Crippen molar-refractivity contribution in [2.45, 2.75) is 31.9 Å². The number of primary amides is 1. The number of unbranched alkanes of at least 4 members (excludes halogenated alkanes) is 1. The van der Waals surface area contributed by atoms with Crippen molar-refractivity contribution in [2.24, 2.45) is 5.73 Å². The van der Waals surface area contributed by atoms with Crippen LogP contribution in [0.4, 0.5) is 5.69 Å². The first kappa shape index (κ1) is 18.1. The van der Waals surface area contributed by atoms with Crippen LogP contribution in [0.5, 0.6) is 0 Å². The minimum absolute atomic E-state index is 0.147. The van der Waals surface area contributed by atoms with E-state index in [9.17, 15) is 9.59 Å². The molecule has 128 valence electrons. The molecule has 7 heteroatoms. The molecule has 1 atom stereocenters. The van der Waals surface area contributed by atoms with E-state index < -0.39 is 5.91 Å². The van der Waals surface area contributed by atoms with Gasteiger partial charge in [-0.1, -0.05) is 19.4 Å². The van der Waals surface area contributed by atoms with Crippen molar-refractivity contribution >= 4 is 29.3 Å². The second-order valence-corrected chi connectivity index (χ2v) is 6.84. The standard InChI is InChI=1S/C17H22N4O2S/c1-3-4-10-24-12(2)17(23)20-15-13(16(18)22)6-5-7-14(15)21-9-8-19-11-21/h5-9,11-12H,3-4,10H2,1-2H3,(H2,18,22)(H,20,23). The van der Waals surface area contributed by atoms with Gasteiger partial charge in [0.15, 0.2) is 0 Å². The molecule has 24 heavy (non-hydrogen) atoms. The predicted octanol–water partition coefficient (Wildman–Crippen LogP) is 2.83. The molecular formula is C17H22N4O2S. The number of nitrogens with one attached hydrogen (secondary N) is 1. The third kappa shape index (κ3) is 4.38. The largest absolute Gasteiger partial charge is 0.366 e. The minimum atomic E-state index is -0.585. The third-order valence-corrected chi connectivity index (χ3v) is 4.81. The molecule has 6 nitrogen and oxygen atoms in total. The number of para-hydroxylation sites is 1. The van der Waals surface area contributed by atoms with E-state index in [1.165, 1.54) is 0 Å². The van der Waals surface area contributed by atoms with Crippen molar-refractivity contribution < 1.29 is 9.59 Å². The van der Waals surface area contributed by atoms with Gasteiger partial charge in [-0.05, 0) is 31.2 Å². The first-order valence-corrected chi connectivity index (χ1v) is 8.93. The van der Waals surface area contributed by atoms with Crippen LogP contribution in [0, 0.1) is 0 Å². The lowest BCUT2D eigenvalue weighted by Crippen LogP contribution is -2.26. The molecule has 3 N–H and O–H groups in total. The van der Waals surface area contributed by atoms with E-state index in [4.69, 9.17) is 5.73 Å². The number of hydrogen-bond donors (Lipinski definition) is 2. The summed E-state index contributed by atoms with van der Waals surface area (Å²) in [6, 6.07) is 5.14. The maximum Gasteiger partial charge on any atom is 0.250 e. The second kappa shape index (κ2) is 8.54. The quantitative estimate of drug-likeness (QED) is 0.719. The number of carbonyl (C=O) groups excluding carboxylic acids is 2. The lowest BCUT2D eigenvalue weighted by Gasteiger charge is -2.17. The Morgan fingerprint density at radius 1 is 1.42 bits per heavy atom. The zero-order chi connectivity index (χ0) is 17.5. The van der Waals surface area contributed by atoms with Crippen LogP contribution in [0.25, 0.3) is 5.69 Å². The fourth-order valence-corrected chi connectivity index (χ4v) is 3.22. The van der Waals surface area contributed by atoms with E-state index in [2.05, 4.69) is 17.2 Å². The van der Waals surface area contributed by atoms with Crippen molar-refractivity contribution in [1.82, 2.24) is 9.55 Å². The Morgan fingerprint density at radius 2 is 2.21 bits per heavy atom. The Balaban J connectivity index is 2.27. The molecule has 2 amide bonds. The van der Waals surface area contributed by atoms with Crippen LogP contribution in [0.1, 0.15) is 37.0 Å². The zero-order valence-corrected chi connectivity index (χ0v) is 14.7. The van der Waals surface area contributed by atoms with Gasteiger partial charge >= 0.3 is 0 Å². The van der Waals surface area contributed by atoms with Gasteiger partial charge in [-0.3, -0.25) is 9.59 Å². The van der Waals surface area contributed by atoms with Crippen LogP contribution < -0.4 is 11.1 Å². The van der Waals surface area contributed by atoms with Crippen LogP contribution in [0.3, 0.4) is 0 Å². The first-order chi connectivity index (χ1) is 11.5. The smallest absolute Gasteiger partial charge is 0.250 e. The van der Waals surface area contributed by atoms with E-state index >= 15 is 0 Å². The normalized spacial score (nSPS) is 11.9. The molecule has 0 aliphatic rings. The van der Waals surface area contributed by atoms with E-state index in [1.807, 2.05) is 6.92 Å². The summed E-state index contributed by atoms with van der Waals surface area (Å²) in [4.78, 5) is 28.2. The van der Waals surface area contributed by atoms with Gasteiger partial charge in [-0.25, -0.2) is 4.98 Å². The van der Waals surface area contributed by atoms with E-state index in [1.54, 1.807) is 53.2 Å². The Hall–Kier alpha value is -2.28. The van der Waals surface area contributed by atoms with Gasteiger partial charge in [-0.15, -0.1) is 11.8 Å². The van der Waals surface area contributed by atoms with Gasteiger partial charge in [0, 0.05) is 12.4 Å². The van der Waals surface area contributed by atoms with E-state index in [0.717, 1.165) is 18.6 Å². The van der Waals surface area contributed by atoms with Crippen molar-refractivity contribution in [3.8, 4) is 5.69 Å². The summed E-state index contributed by atoms with van der Waals surface area (Å²) in [6.45, 7) is 3.98. The molecule has 1 unspecified atom stereocenters. The van der Waals surface area contributed by atoms with Crippen LogP contribution in [-0.4, -0.2) is 32.4 Å². The number of amides is 2. The van der Waals surface area contributed by atoms with Crippen molar-refractivity contribution in [1.29, 1.82) is 0 Å². The highest BCUT2D eigenvalue weighted by Gasteiger charge is 2.19. The molecular weight excluding hydrogens is 324 g/mol. The van der Waals surface area contributed by atoms with Crippen molar-refractivity contribution in [2.75, 3.05) is 11.1 Å². The maximum atomic E-state index is 12.5. The number of nitrogens with two attached hydrogens (primary N) is 1. The van der Waals surface area contributed by atoms with Gasteiger partial charge in [0.1, 0.15) is 0 Å². The number of thioether (sulfide) groups is 1. The number of imidazole rings is 1. The highest BCUT2D eigenvalue weighted by Crippen LogP contribution is 2.26. The number of benzene rings is 1. The molecule has 2 aromatic rings. The summed E-state index contributed by atoms with van der Waals surface area (Å²) in [5.74, 6) is 0.196. The molecule has 0 aliphatic carbocycles. The Morgan fingerprint density at radius 3 is 2.83 bits per heavy atom. The van der Waals surface area contributed by atoms with Crippen LogP contribution in [-0.2, 0) is 4.79 Å². The van der Waals surface area contributed by atoms with Gasteiger partial charge in [0.2, 0.25) is 5.91 Å². The number of nitrogens with zero attached hydrogens (tertiary/aromatic N) is 2. The molecule has 0 saturated heterocycles. The number of aromatic nitrogens is 2. The molecule has 0 radical (unpaired) electrons. The summed E-state index contributed by atoms with van der Waals surface area (Å²) < 4.78 is 1.73. The van der Waals surface area contributed by atoms with Gasteiger partial charge in [0.05, 0.1) is 28.5 Å².